The molecule has 1 saturated carbocycles. The van der Waals surface area contributed by atoms with Gasteiger partial charge in [0, 0.05) is 6.04 Å². The number of aryl methyl sites for hydroxylation is 1. The summed E-state index contributed by atoms with van der Waals surface area (Å²) >= 11 is 0. The van der Waals surface area contributed by atoms with Crippen LogP contribution in [-0.2, 0) is 0 Å². The van der Waals surface area contributed by atoms with E-state index >= 15 is 0 Å². The lowest BCUT2D eigenvalue weighted by molar-refractivity contribution is 0.177. The highest BCUT2D eigenvalue weighted by atomic mass is 19.1. The SMILES string of the molecule is CNC1CCCC1Oc1ccc(F)cc1C. The van der Waals surface area contributed by atoms with Crippen LogP contribution in [0.5, 0.6) is 5.75 Å². The van der Waals surface area contributed by atoms with E-state index in [0.29, 0.717) is 6.04 Å². The maximum Gasteiger partial charge on any atom is 0.123 e. The zero-order valence-corrected chi connectivity index (χ0v) is 9.79. The molecule has 2 rings (SSSR count). The van der Waals surface area contributed by atoms with Gasteiger partial charge in [-0.2, -0.15) is 0 Å². The van der Waals surface area contributed by atoms with Crippen LogP contribution < -0.4 is 10.1 Å². The van der Waals surface area contributed by atoms with Gasteiger partial charge in [0.15, 0.2) is 0 Å². The lowest BCUT2D eigenvalue weighted by Crippen LogP contribution is -2.36. The van der Waals surface area contributed by atoms with Gasteiger partial charge < -0.3 is 10.1 Å². The molecule has 1 aliphatic carbocycles. The van der Waals surface area contributed by atoms with E-state index in [4.69, 9.17) is 4.74 Å². The van der Waals surface area contributed by atoms with Gasteiger partial charge in [-0.05, 0) is 57.0 Å². The number of rotatable bonds is 3. The summed E-state index contributed by atoms with van der Waals surface area (Å²) < 4.78 is 18.9. The Balaban J connectivity index is 2.08. The van der Waals surface area contributed by atoms with Crippen LogP contribution in [0, 0.1) is 12.7 Å². The Morgan fingerprint density at radius 2 is 2.19 bits per heavy atom. The van der Waals surface area contributed by atoms with Crippen molar-refractivity contribution in [1.29, 1.82) is 0 Å². The Hall–Kier alpha value is -1.09. The Kier molecular flexibility index (Phi) is 3.44. The van der Waals surface area contributed by atoms with Crippen LogP contribution in [0.1, 0.15) is 24.8 Å². The fraction of sp³-hybridized carbons (Fsp3) is 0.538. The third kappa shape index (κ3) is 2.35. The first kappa shape index (κ1) is 11.4. The summed E-state index contributed by atoms with van der Waals surface area (Å²) in [5, 5.41) is 3.27. The molecule has 1 aliphatic rings. The molecule has 2 unspecified atom stereocenters. The molecule has 0 saturated heterocycles. The quantitative estimate of drug-likeness (QED) is 0.850. The Bertz CT molecular complexity index is 367. The zero-order valence-electron chi connectivity index (χ0n) is 9.79. The molecular weight excluding hydrogens is 205 g/mol. The third-order valence-corrected chi connectivity index (χ3v) is 3.24. The smallest absolute Gasteiger partial charge is 0.123 e. The molecule has 1 N–H and O–H groups in total. The summed E-state index contributed by atoms with van der Waals surface area (Å²) in [6.45, 7) is 1.88. The molecule has 3 heteroatoms. The second-order valence-electron chi connectivity index (χ2n) is 4.39. The molecule has 1 aromatic rings. The molecule has 2 nitrogen and oxygen atoms in total. The molecular formula is C13H18FNO. The van der Waals surface area contributed by atoms with Gasteiger partial charge in [0.1, 0.15) is 17.7 Å². The van der Waals surface area contributed by atoms with E-state index in [1.165, 1.54) is 18.6 Å². The number of benzene rings is 1. The summed E-state index contributed by atoms with van der Waals surface area (Å²) in [5.41, 5.74) is 0.863. The number of hydrogen-bond acceptors (Lipinski definition) is 2. The van der Waals surface area contributed by atoms with Gasteiger partial charge in [-0.1, -0.05) is 0 Å². The van der Waals surface area contributed by atoms with Gasteiger partial charge in [0.05, 0.1) is 0 Å². The average Bonchev–Trinajstić information content (AvgIpc) is 2.69. The summed E-state index contributed by atoms with van der Waals surface area (Å²) in [5.74, 6) is 0.593. The molecule has 88 valence electrons. The van der Waals surface area contributed by atoms with Crippen LogP contribution in [-0.4, -0.2) is 19.2 Å². The van der Waals surface area contributed by atoms with Gasteiger partial charge in [-0.15, -0.1) is 0 Å². The number of hydrogen-bond donors (Lipinski definition) is 1. The Labute approximate surface area is 95.8 Å². The topological polar surface area (TPSA) is 21.3 Å². The molecule has 16 heavy (non-hydrogen) atoms. The Morgan fingerprint density at radius 3 is 2.88 bits per heavy atom. The third-order valence-electron chi connectivity index (χ3n) is 3.24. The van der Waals surface area contributed by atoms with E-state index < -0.39 is 0 Å². The molecule has 0 aromatic heterocycles. The number of likely N-dealkylation sites (N-methyl/N-ethyl adjacent to an activating group) is 1. The molecule has 0 radical (unpaired) electrons. The van der Waals surface area contributed by atoms with Crippen LogP contribution in [0.2, 0.25) is 0 Å². The molecule has 0 amide bonds. The molecule has 0 spiro atoms. The predicted octanol–water partition coefficient (Wildman–Crippen LogP) is 2.65. The van der Waals surface area contributed by atoms with E-state index in [1.807, 2.05) is 14.0 Å². The van der Waals surface area contributed by atoms with Crippen molar-refractivity contribution < 1.29 is 9.13 Å². The summed E-state index contributed by atoms with van der Waals surface area (Å²) in [6.07, 6.45) is 3.63. The standard InChI is InChI=1S/C13H18FNO/c1-9-8-10(14)6-7-12(9)16-13-5-3-4-11(13)15-2/h6-8,11,13,15H,3-5H2,1-2H3. The summed E-state index contributed by atoms with van der Waals surface area (Å²) in [7, 11) is 1.96. The van der Waals surface area contributed by atoms with Gasteiger partial charge in [0.25, 0.3) is 0 Å². The van der Waals surface area contributed by atoms with Gasteiger partial charge in [0.2, 0.25) is 0 Å². The molecule has 1 fully saturated rings. The second kappa shape index (κ2) is 4.83. The van der Waals surface area contributed by atoms with Crippen molar-refractivity contribution in [2.75, 3.05) is 7.05 Å². The van der Waals surface area contributed by atoms with Crippen molar-refractivity contribution in [2.45, 2.75) is 38.3 Å². The van der Waals surface area contributed by atoms with Crippen molar-refractivity contribution in [3.05, 3.63) is 29.6 Å². The number of nitrogens with one attached hydrogen (secondary N) is 1. The summed E-state index contributed by atoms with van der Waals surface area (Å²) in [6, 6.07) is 5.10. The average molecular weight is 223 g/mol. The first-order valence-corrected chi connectivity index (χ1v) is 5.81. The number of halogens is 1. The van der Waals surface area contributed by atoms with Crippen LogP contribution in [0.3, 0.4) is 0 Å². The van der Waals surface area contributed by atoms with Gasteiger partial charge in [-0.3, -0.25) is 0 Å². The molecule has 0 aliphatic heterocycles. The maximum atomic E-state index is 12.9. The van der Waals surface area contributed by atoms with E-state index in [-0.39, 0.29) is 11.9 Å². The second-order valence-corrected chi connectivity index (χ2v) is 4.39. The van der Waals surface area contributed by atoms with Crippen LogP contribution >= 0.6 is 0 Å². The minimum Gasteiger partial charge on any atom is -0.489 e. The monoisotopic (exact) mass is 223 g/mol. The van der Waals surface area contributed by atoms with Crippen LogP contribution in [0.25, 0.3) is 0 Å². The lowest BCUT2D eigenvalue weighted by atomic mass is 10.2. The largest absolute Gasteiger partial charge is 0.489 e. The van der Waals surface area contributed by atoms with Crippen molar-refractivity contribution in [1.82, 2.24) is 5.32 Å². The molecule has 0 bridgehead atoms. The molecule has 1 aromatic carbocycles. The molecule has 2 atom stereocenters. The minimum absolute atomic E-state index is 0.207. The predicted molar refractivity (Wildman–Crippen MR) is 62.3 cm³/mol. The first-order chi connectivity index (χ1) is 7.70. The van der Waals surface area contributed by atoms with E-state index in [9.17, 15) is 4.39 Å². The lowest BCUT2D eigenvalue weighted by Gasteiger charge is -2.21. The fourth-order valence-electron chi connectivity index (χ4n) is 2.31. The first-order valence-electron chi connectivity index (χ1n) is 5.81. The van der Waals surface area contributed by atoms with Gasteiger partial charge in [-0.25, -0.2) is 4.39 Å². The van der Waals surface area contributed by atoms with E-state index in [1.54, 1.807) is 6.07 Å². The fourth-order valence-corrected chi connectivity index (χ4v) is 2.31. The molecule has 0 heterocycles. The van der Waals surface area contributed by atoms with Crippen molar-refractivity contribution in [3.63, 3.8) is 0 Å². The van der Waals surface area contributed by atoms with Crippen LogP contribution in [0.4, 0.5) is 4.39 Å². The van der Waals surface area contributed by atoms with E-state index in [2.05, 4.69) is 5.32 Å². The zero-order chi connectivity index (χ0) is 11.5. The van der Waals surface area contributed by atoms with Crippen molar-refractivity contribution in [2.24, 2.45) is 0 Å². The minimum atomic E-state index is -0.207. The Morgan fingerprint density at radius 1 is 1.38 bits per heavy atom. The van der Waals surface area contributed by atoms with Crippen molar-refractivity contribution in [3.8, 4) is 5.75 Å². The highest BCUT2D eigenvalue weighted by Gasteiger charge is 2.27. The van der Waals surface area contributed by atoms with E-state index in [0.717, 1.165) is 24.2 Å². The maximum absolute atomic E-state index is 12.9. The normalized spacial score (nSPS) is 24.7. The van der Waals surface area contributed by atoms with Crippen LogP contribution in [0.15, 0.2) is 18.2 Å². The highest BCUT2D eigenvalue weighted by Crippen LogP contribution is 2.27. The van der Waals surface area contributed by atoms with Gasteiger partial charge >= 0.3 is 0 Å². The van der Waals surface area contributed by atoms with Crippen molar-refractivity contribution >= 4 is 0 Å². The highest BCUT2D eigenvalue weighted by molar-refractivity contribution is 5.32. The summed E-state index contributed by atoms with van der Waals surface area (Å²) in [4.78, 5) is 0. The number of ether oxygens (including phenoxy) is 1.